The van der Waals surface area contributed by atoms with Gasteiger partial charge in [0, 0.05) is 31.5 Å². The van der Waals surface area contributed by atoms with Gasteiger partial charge in [-0.05, 0) is 32.8 Å². The van der Waals surface area contributed by atoms with E-state index in [4.69, 9.17) is 4.74 Å². The van der Waals surface area contributed by atoms with E-state index in [9.17, 15) is 0 Å². The minimum atomic E-state index is 0.104. The number of ether oxygens (including phenoxy) is 1. The van der Waals surface area contributed by atoms with Crippen molar-refractivity contribution in [1.82, 2.24) is 19.7 Å². The van der Waals surface area contributed by atoms with Crippen molar-refractivity contribution >= 4 is 5.95 Å². The molecule has 2 rings (SSSR count). The van der Waals surface area contributed by atoms with Crippen LogP contribution in [0.2, 0.25) is 0 Å². The molecular formula is C14H21N5O. The molecule has 6 heteroatoms. The summed E-state index contributed by atoms with van der Waals surface area (Å²) in [5.41, 5.74) is 2.07. The van der Waals surface area contributed by atoms with Gasteiger partial charge in [-0.1, -0.05) is 0 Å². The first-order valence-electron chi connectivity index (χ1n) is 6.76. The van der Waals surface area contributed by atoms with Crippen molar-refractivity contribution in [3.8, 4) is 5.88 Å². The molecule has 0 fully saturated rings. The van der Waals surface area contributed by atoms with Crippen LogP contribution in [0.3, 0.4) is 0 Å². The summed E-state index contributed by atoms with van der Waals surface area (Å²) in [5, 5.41) is 7.36. The van der Waals surface area contributed by atoms with Crippen molar-refractivity contribution in [1.29, 1.82) is 0 Å². The summed E-state index contributed by atoms with van der Waals surface area (Å²) in [6.45, 7) is 6.65. The zero-order chi connectivity index (χ0) is 14.5. The number of nitrogens with one attached hydrogen (secondary N) is 1. The molecule has 0 spiro atoms. The normalized spacial score (nSPS) is 10.8. The van der Waals surface area contributed by atoms with Gasteiger partial charge in [-0.15, -0.1) is 0 Å². The molecule has 0 atom stereocenters. The van der Waals surface area contributed by atoms with Gasteiger partial charge in [0.2, 0.25) is 11.8 Å². The first-order valence-corrected chi connectivity index (χ1v) is 6.76. The van der Waals surface area contributed by atoms with Gasteiger partial charge in [0.05, 0.1) is 12.3 Å². The standard InChI is InChI=1S/C14H21N5O/c1-10(2)20-13-7-11(3)17-14(18-13)15-6-5-12-8-16-19(4)9-12/h7-10H,5-6H2,1-4H3,(H,15,17,18). The van der Waals surface area contributed by atoms with Gasteiger partial charge in [-0.25, -0.2) is 4.98 Å². The van der Waals surface area contributed by atoms with Gasteiger partial charge < -0.3 is 10.1 Å². The first kappa shape index (κ1) is 14.3. The predicted molar refractivity (Wildman–Crippen MR) is 77.9 cm³/mol. The summed E-state index contributed by atoms with van der Waals surface area (Å²) in [6.07, 6.45) is 4.86. The Morgan fingerprint density at radius 2 is 2.15 bits per heavy atom. The first-order chi connectivity index (χ1) is 9.52. The van der Waals surface area contributed by atoms with E-state index in [1.54, 1.807) is 4.68 Å². The number of aryl methyl sites for hydroxylation is 2. The summed E-state index contributed by atoms with van der Waals surface area (Å²) >= 11 is 0. The van der Waals surface area contributed by atoms with Crippen molar-refractivity contribution in [2.75, 3.05) is 11.9 Å². The number of hydrogen-bond acceptors (Lipinski definition) is 5. The summed E-state index contributed by atoms with van der Waals surface area (Å²) in [7, 11) is 1.91. The second-order valence-electron chi connectivity index (χ2n) is 5.04. The Kier molecular flexibility index (Phi) is 4.55. The Hall–Kier alpha value is -2.11. The monoisotopic (exact) mass is 275 g/mol. The zero-order valence-corrected chi connectivity index (χ0v) is 12.4. The van der Waals surface area contributed by atoms with Gasteiger partial charge >= 0.3 is 0 Å². The average molecular weight is 275 g/mol. The summed E-state index contributed by atoms with van der Waals surface area (Å²) in [5.74, 6) is 1.21. The van der Waals surface area contributed by atoms with Crippen molar-refractivity contribution in [2.45, 2.75) is 33.3 Å². The van der Waals surface area contributed by atoms with E-state index in [0.717, 1.165) is 18.7 Å². The zero-order valence-electron chi connectivity index (χ0n) is 12.4. The number of aromatic nitrogens is 4. The summed E-state index contributed by atoms with van der Waals surface area (Å²) in [4.78, 5) is 8.70. The van der Waals surface area contributed by atoms with Crippen LogP contribution in [0.1, 0.15) is 25.1 Å². The van der Waals surface area contributed by atoms with Crippen LogP contribution in [0.15, 0.2) is 18.5 Å². The molecule has 0 aliphatic heterocycles. The average Bonchev–Trinajstić information content (AvgIpc) is 2.73. The number of rotatable bonds is 6. The smallest absolute Gasteiger partial charge is 0.226 e. The van der Waals surface area contributed by atoms with Crippen molar-refractivity contribution in [3.63, 3.8) is 0 Å². The van der Waals surface area contributed by atoms with Gasteiger partial charge in [0.25, 0.3) is 0 Å². The molecule has 2 aromatic heterocycles. The molecule has 0 amide bonds. The highest BCUT2D eigenvalue weighted by Crippen LogP contribution is 2.13. The van der Waals surface area contributed by atoms with Gasteiger partial charge in [0.15, 0.2) is 0 Å². The van der Waals surface area contributed by atoms with Crippen molar-refractivity contribution in [3.05, 3.63) is 29.7 Å². The van der Waals surface area contributed by atoms with Crippen LogP contribution in [0, 0.1) is 6.92 Å². The van der Waals surface area contributed by atoms with Crippen LogP contribution >= 0.6 is 0 Å². The molecule has 0 saturated heterocycles. The predicted octanol–water partition coefficient (Wildman–Crippen LogP) is 1.96. The second kappa shape index (κ2) is 6.36. The fourth-order valence-electron chi connectivity index (χ4n) is 1.84. The third-order valence-corrected chi connectivity index (χ3v) is 2.64. The maximum atomic E-state index is 5.60. The number of nitrogens with zero attached hydrogens (tertiary/aromatic N) is 4. The summed E-state index contributed by atoms with van der Waals surface area (Å²) < 4.78 is 7.40. The molecule has 0 radical (unpaired) electrons. The van der Waals surface area contributed by atoms with Crippen LogP contribution in [-0.4, -0.2) is 32.4 Å². The molecule has 0 saturated carbocycles. The molecule has 2 aromatic rings. The third kappa shape index (κ3) is 4.22. The molecular weight excluding hydrogens is 254 g/mol. The maximum absolute atomic E-state index is 5.60. The molecule has 108 valence electrons. The van der Waals surface area contributed by atoms with E-state index < -0.39 is 0 Å². The van der Waals surface area contributed by atoms with E-state index in [1.165, 1.54) is 5.56 Å². The van der Waals surface area contributed by atoms with Crippen LogP contribution in [0.5, 0.6) is 5.88 Å². The highest BCUT2D eigenvalue weighted by atomic mass is 16.5. The van der Waals surface area contributed by atoms with E-state index in [2.05, 4.69) is 20.4 Å². The Morgan fingerprint density at radius 3 is 2.80 bits per heavy atom. The largest absolute Gasteiger partial charge is 0.475 e. The maximum Gasteiger partial charge on any atom is 0.226 e. The topological polar surface area (TPSA) is 64.9 Å². The van der Waals surface area contributed by atoms with Crippen LogP contribution in [-0.2, 0) is 13.5 Å². The third-order valence-electron chi connectivity index (χ3n) is 2.64. The van der Waals surface area contributed by atoms with Crippen molar-refractivity contribution in [2.24, 2.45) is 7.05 Å². The van der Waals surface area contributed by atoms with Crippen LogP contribution < -0.4 is 10.1 Å². The highest BCUT2D eigenvalue weighted by Gasteiger charge is 2.05. The molecule has 0 bridgehead atoms. The SMILES string of the molecule is Cc1cc(OC(C)C)nc(NCCc2cnn(C)c2)n1. The molecule has 2 heterocycles. The Balaban J connectivity index is 1.93. The minimum absolute atomic E-state index is 0.104. The molecule has 1 N–H and O–H groups in total. The Morgan fingerprint density at radius 1 is 1.35 bits per heavy atom. The van der Waals surface area contributed by atoms with Gasteiger partial charge in [-0.3, -0.25) is 4.68 Å². The van der Waals surface area contributed by atoms with Gasteiger partial charge in [-0.2, -0.15) is 10.1 Å². The fourth-order valence-corrected chi connectivity index (χ4v) is 1.84. The van der Waals surface area contributed by atoms with Gasteiger partial charge in [0.1, 0.15) is 0 Å². The highest BCUT2D eigenvalue weighted by molar-refractivity contribution is 5.30. The van der Waals surface area contributed by atoms with E-state index in [0.29, 0.717) is 11.8 Å². The Labute approximate surface area is 119 Å². The lowest BCUT2D eigenvalue weighted by Crippen LogP contribution is -2.11. The second-order valence-corrected chi connectivity index (χ2v) is 5.04. The lowest BCUT2D eigenvalue weighted by Gasteiger charge is -2.11. The molecule has 0 unspecified atom stereocenters. The molecule has 0 aromatic carbocycles. The van der Waals surface area contributed by atoms with Crippen LogP contribution in [0.4, 0.5) is 5.95 Å². The quantitative estimate of drug-likeness (QED) is 0.873. The summed E-state index contributed by atoms with van der Waals surface area (Å²) in [6, 6.07) is 1.84. The van der Waals surface area contributed by atoms with Crippen LogP contribution in [0.25, 0.3) is 0 Å². The Bertz CT molecular complexity index is 564. The van der Waals surface area contributed by atoms with E-state index >= 15 is 0 Å². The van der Waals surface area contributed by atoms with E-state index in [1.807, 2.05) is 46.3 Å². The minimum Gasteiger partial charge on any atom is -0.475 e. The molecule has 0 aliphatic rings. The number of hydrogen-bond donors (Lipinski definition) is 1. The fraction of sp³-hybridized carbons (Fsp3) is 0.500. The number of anilines is 1. The van der Waals surface area contributed by atoms with Crippen molar-refractivity contribution < 1.29 is 4.74 Å². The van der Waals surface area contributed by atoms with E-state index in [-0.39, 0.29) is 6.10 Å². The lowest BCUT2D eigenvalue weighted by molar-refractivity contribution is 0.232. The molecule has 20 heavy (non-hydrogen) atoms. The lowest BCUT2D eigenvalue weighted by atomic mass is 10.2. The molecule has 6 nitrogen and oxygen atoms in total. The molecule has 0 aliphatic carbocycles.